The van der Waals surface area contributed by atoms with Crippen LogP contribution in [0.25, 0.3) is 26.5 Å². The van der Waals surface area contributed by atoms with E-state index in [1.165, 1.54) is 21.8 Å². The minimum absolute atomic E-state index is 0.229. The molecule has 0 unspecified atom stereocenters. The predicted molar refractivity (Wildman–Crippen MR) is 101 cm³/mol. The highest BCUT2D eigenvalue weighted by atomic mass is 32.1. The lowest BCUT2D eigenvalue weighted by Crippen LogP contribution is -2.12. The van der Waals surface area contributed by atoms with Gasteiger partial charge in [-0.3, -0.25) is 9.78 Å². The lowest BCUT2D eigenvalue weighted by Gasteiger charge is -1.97. The fraction of sp³-hybridized carbons (Fsp3) is 0. The first-order chi connectivity index (χ1) is 12.8. The molecule has 0 fully saturated rings. The highest BCUT2D eigenvalue weighted by Gasteiger charge is 2.12. The van der Waals surface area contributed by atoms with Gasteiger partial charge in [0.1, 0.15) is 0 Å². The van der Waals surface area contributed by atoms with Crippen LogP contribution >= 0.6 is 11.3 Å². The van der Waals surface area contributed by atoms with Crippen molar-refractivity contribution < 1.29 is 0 Å². The first-order valence-electron chi connectivity index (χ1n) is 7.81. The molecule has 4 heterocycles. The molecule has 4 aromatic heterocycles. The Balaban J connectivity index is 1.70. The molecule has 1 aromatic carbocycles. The maximum absolute atomic E-state index is 12.6. The van der Waals surface area contributed by atoms with E-state index in [-0.39, 0.29) is 5.56 Å². The van der Waals surface area contributed by atoms with Crippen molar-refractivity contribution in [1.29, 1.82) is 0 Å². The van der Waals surface area contributed by atoms with Crippen LogP contribution in [0.15, 0.2) is 64.6 Å². The van der Waals surface area contributed by atoms with Gasteiger partial charge in [0.05, 0.1) is 11.0 Å². The van der Waals surface area contributed by atoms with Crippen LogP contribution in [0.2, 0.25) is 0 Å². The molecule has 5 rings (SSSR count). The molecule has 0 aliphatic rings. The van der Waals surface area contributed by atoms with Gasteiger partial charge in [-0.15, -0.1) is 0 Å². The number of hydrogen-bond acceptors (Lipinski definition) is 7. The number of para-hydroxylation sites is 2. The van der Waals surface area contributed by atoms with Crippen LogP contribution in [0.5, 0.6) is 0 Å². The summed E-state index contributed by atoms with van der Waals surface area (Å²) < 4.78 is 1.48. The first kappa shape index (κ1) is 14.8. The third-order valence-corrected chi connectivity index (χ3v) is 4.77. The number of benzene rings is 1. The van der Waals surface area contributed by atoms with Crippen LogP contribution in [0.4, 0.5) is 5.82 Å². The molecule has 0 spiro atoms. The molecule has 7 nitrogen and oxygen atoms in total. The first-order valence-corrected chi connectivity index (χ1v) is 8.63. The van der Waals surface area contributed by atoms with Crippen LogP contribution < -0.4 is 5.56 Å². The smallest absolute Gasteiger partial charge is 0.262 e. The second kappa shape index (κ2) is 5.78. The number of nitrogens with zero attached hydrogens (tertiary/aromatic N) is 6. The van der Waals surface area contributed by atoms with Crippen molar-refractivity contribution in [2.45, 2.75) is 0 Å². The summed E-state index contributed by atoms with van der Waals surface area (Å²) in [6.07, 6.45) is 5.01. The van der Waals surface area contributed by atoms with E-state index >= 15 is 0 Å². The van der Waals surface area contributed by atoms with E-state index in [2.05, 4.69) is 24.9 Å². The summed E-state index contributed by atoms with van der Waals surface area (Å²) in [6.45, 7) is 0. The van der Waals surface area contributed by atoms with Crippen molar-refractivity contribution in [3.8, 4) is 0 Å². The van der Waals surface area contributed by atoms with Gasteiger partial charge in [-0.2, -0.15) is 0 Å². The van der Waals surface area contributed by atoms with Crippen molar-refractivity contribution in [2.75, 3.05) is 0 Å². The number of thiazole rings is 1. The summed E-state index contributed by atoms with van der Waals surface area (Å²) >= 11 is 1.32. The number of pyridine rings is 1. The summed E-state index contributed by atoms with van der Waals surface area (Å²) in [7, 11) is 0. The molecule has 0 aliphatic carbocycles. The summed E-state index contributed by atoms with van der Waals surface area (Å²) in [5.74, 6) is 0.350. The standard InChI is InChI=1S/C18H10N6OS/c25-15-9-14(20-10-11-5-7-19-8-6-11)23-18-24(15)16-17(26-18)22-13-4-2-1-3-12(13)21-16/h1-10H. The van der Waals surface area contributed by atoms with E-state index in [1.54, 1.807) is 18.6 Å². The second-order valence-electron chi connectivity index (χ2n) is 5.55. The van der Waals surface area contributed by atoms with Crippen LogP contribution in [0, 0.1) is 0 Å². The molecule has 26 heavy (non-hydrogen) atoms. The Morgan fingerprint density at radius 3 is 2.58 bits per heavy atom. The van der Waals surface area contributed by atoms with Crippen LogP contribution in [0.3, 0.4) is 0 Å². The normalized spacial score (nSPS) is 11.8. The molecule has 0 N–H and O–H groups in total. The average Bonchev–Trinajstić information content (AvgIpc) is 3.03. The van der Waals surface area contributed by atoms with Gasteiger partial charge in [0.15, 0.2) is 16.3 Å². The summed E-state index contributed by atoms with van der Waals surface area (Å²) in [5.41, 5.74) is 2.70. The van der Waals surface area contributed by atoms with E-state index < -0.39 is 0 Å². The number of aromatic nitrogens is 5. The quantitative estimate of drug-likeness (QED) is 0.453. The zero-order chi connectivity index (χ0) is 17.5. The molecule has 0 atom stereocenters. The molecule has 0 amide bonds. The Labute approximate surface area is 150 Å². The molecule has 0 saturated heterocycles. The minimum atomic E-state index is -0.229. The van der Waals surface area contributed by atoms with Crippen molar-refractivity contribution >= 4 is 49.8 Å². The average molecular weight is 358 g/mol. The third kappa shape index (κ3) is 2.44. The molecule has 0 bridgehead atoms. The molecule has 0 aliphatic heterocycles. The topological polar surface area (TPSA) is 85.4 Å². The second-order valence-corrected chi connectivity index (χ2v) is 6.51. The summed E-state index contributed by atoms with van der Waals surface area (Å²) in [5, 5.41) is 0. The zero-order valence-electron chi connectivity index (χ0n) is 13.3. The molecular formula is C18H10N6OS. The maximum atomic E-state index is 12.6. The van der Waals surface area contributed by atoms with Crippen molar-refractivity contribution in [1.82, 2.24) is 24.3 Å². The third-order valence-electron chi connectivity index (χ3n) is 3.85. The van der Waals surface area contributed by atoms with Crippen molar-refractivity contribution in [3.05, 3.63) is 70.8 Å². The lowest BCUT2D eigenvalue weighted by atomic mass is 10.3. The SMILES string of the molecule is O=c1cc(N=Cc2ccncc2)nc2sc3nc4ccccc4nc3n12. The Morgan fingerprint density at radius 2 is 1.77 bits per heavy atom. The van der Waals surface area contributed by atoms with Gasteiger partial charge >= 0.3 is 0 Å². The van der Waals surface area contributed by atoms with Crippen LogP contribution in [-0.2, 0) is 0 Å². The Morgan fingerprint density at radius 1 is 1.00 bits per heavy atom. The minimum Gasteiger partial charge on any atom is -0.269 e. The molecule has 5 aromatic rings. The van der Waals surface area contributed by atoms with Gasteiger partial charge in [0.2, 0.25) is 4.96 Å². The van der Waals surface area contributed by atoms with Gasteiger partial charge in [0.25, 0.3) is 5.56 Å². The van der Waals surface area contributed by atoms with E-state index in [1.807, 2.05) is 36.4 Å². The summed E-state index contributed by atoms with van der Waals surface area (Å²) in [6, 6.07) is 12.6. The van der Waals surface area contributed by atoms with Crippen molar-refractivity contribution in [3.63, 3.8) is 0 Å². The summed E-state index contributed by atoms with van der Waals surface area (Å²) in [4.78, 5) is 35.7. The van der Waals surface area contributed by atoms with E-state index in [0.29, 0.717) is 21.3 Å². The van der Waals surface area contributed by atoms with Crippen molar-refractivity contribution in [2.24, 2.45) is 4.99 Å². The maximum Gasteiger partial charge on any atom is 0.262 e. The Bertz CT molecular complexity index is 1360. The molecule has 124 valence electrons. The predicted octanol–water partition coefficient (Wildman–Crippen LogP) is 3.00. The highest BCUT2D eigenvalue weighted by Crippen LogP contribution is 2.24. The Kier molecular flexibility index (Phi) is 3.29. The lowest BCUT2D eigenvalue weighted by molar-refractivity contribution is 1.09. The van der Waals surface area contributed by atoms with Gasteiger partial charge in [-0.25, -0.2) is 24.3 Å². The highest BCUT2D eigenvalue weighted by molar-refractivity contribution is 7.23. The fourth-order valence-electron chi connectivity index (χ4n) is 2.64. The Hall–Kier alpha value is -3.52. The number of fused-ring (bicyclic) bond motifs is 4. The van der Waals surface area contributed by atoms with Crippen LogP contribution in [-0.4, -0.2) is 30.6 Å². The van der Waals surface area contributed by atoms with E-state index in [0.717, 1.165) is 16.6 Å². The van der Waals surface area contributed by atoms with Gasteiger partial charge in [-0.1, -0.05) is 23.5 Å². The number of hydrogen-bond donors (Lipinski definition) is 0. The number of rotatable bonds is 2. The zero-order valence-corrected chi connectivity index (χ0v) is 14.1. The van der Waals surface area contributed by atoms with Gasteiger partial charge in [0, 0.05) is 24.7 Å². The molecule has 8 heteroatoms. The fourth-order valence-corrected chi connectivity index (χ4v) is 3.60. The van der Waals surface area contributed by atoms with Crippen LogP contribution in [0.1, 0.15) is 5.56 Å². The van der Waals surface area contributed by atoms with E-state index in [4.69, 9.17) is 0 Å². The van der Waals surface area contributed by atoms with Gasteiger partial charge < -0.3 is 0 Å². The van der Waals surface area contributed by atoms with Gasteiger partial charge in [-0.05, 0) is 29.8 Å². The molecule has 0 radical (unpaired) electrons. The van der Waals surface area contributed by atoms with E-state index in [9.17, 15) is 4.79 Å². The molecule has 0 saturated carbocycles. The largest absolute Gasteiger partial charge is 0.269 e. The monoisotopic (exact) mass is 358 g/mol. The molecular weight excluding hydrogens is 348 g/mol. The number of aliphatic imine (C=N–C) groups is 1.